The monoisotopic (exact) mass is 1020 g/mol. The Bertz CT molecular complexity index is 1310. The minimum Gasteiger partial charge on any atom is -0.462 e. The van der Waals surface area contributed by atoms with Gasteiger partial charge in [-0.2, -0.15) is 0 Å². The van der Waals surface area contributed by atoms with Crippen molar-refractivity contribution in [3.8, 4) is 0 Å². The van der Waals surface area contributed by atoms with Crippen molar-refractivity contribution in [2.24, 2.45) is 0 Å². The number of esters is 3. The van der Waals surface area contributed by atoms with Gasteiger partial charge in [0.15, 0.2) is 6.10 Å². The highest BCUT2D eigenvalue weighted by molar-refractivity contribution is 5.71. The highest BCUT2D eigenvalue weighted by atomic mass is 16.6. The van der Waals surface area contributed by atoms with Crippen molar-refractivity contribution in [1.82, 2.24) is 0 Å². The van der Waals surface area contributed by atoms with Crippen molar-refractivity contribution in [3.63, 3.8) is 0 Å². The van der Waals surface area contributed by atoms with Gasteiger partial charge in [0.25, 0.3) is 0 Å². The average molecular weight is 1020 g/mol. The van der Waals surface area contributed by atoms with Gasteiger partial charge in [0, 0.05) is 19.3 Å². The SMILES string of the molecule is CC/C=C\C/C=C\C/C=C\C/C=C\C/C=C\CCCCCCCCCCCCCCCCCCCC(=O)OCC(COC(=O)CCCCCCCCC)OC(=O)CCCCCCCCCCCCCCCCC. The lowest BCUT2D eigenvalue weighted by molar-refractivity contribution is -0.167. The molecule has 0 bridgehead atoms. The molecule has 0 aliphatic rings. The van der Waals surface area contributed by atoms with Crippen LogP contribution in [0.3, 0.4) is 0 Å². The summed E-state index contributed by atoms with van der Waals surface area (Å²) in [7, 11) is 0. The summed E-state index contributed by atoms with van der Waals surface area (Å²) < 4.78 is 16.8. The number of carbonyl (C=O) groups is 3. The molecule has 0 N–H and O–H groups in total. The Kier molecular flexibility index (Phi) is 59.2. The largest absolute Gasteiger partial charge is 0.462 e. The van der Waals surface area contributed by atoms with Crippen LogP contribution in [0.5, 0.6) is 0 Å². The Morgan fingerprint density at radius 3 is 0.836 bits per heavy atom. The molecule has 6 nitrogen and oxygen atoms in total. The molecule has 73 heavy (non-hydrogen) atoms. The molecule has 0 radical (unpaired) electrons. The lowest BCUT2D eigenvalue weighted by atomic mass is 10.0. The number of ether oxygens (including phenoxy) is 3. The minimum atomic E-state index is -0.766. The second-order valence-electron chi connectivity index (χ2n) is 21.3. The molecule has 0 aromatic heterocycles. The Morgan fingerprint density at radius 2 is 0.534 bits per heavy atom. The normalized spacial score (nSPS) is 12.4. The van der Waals surface area contributed by atoms with Crippen LogP contribution in [-0.4, -0.2) is 37.2 Å². The van der Waals surface area contributed by atoms with Crippen molar-refractivity contribution in [2.75, 3.05) is 13.2 Å². The first kappa shape index (κ1) is 70.1. The molecule has 0 aliphatic heterocycles. The lowest BCUT2D eigenvalue weighted by Crippen LogP contribution is -2.30. The molecule has 0 aromatic rings. The molecule has 1 unspecified atom stereocenters. The van der Waals surface area contributed by atoms with Crippen molar-refractivity contribution < 1.29 is 28.6 Å². The summed E-state index contributed by atoms with van der Waals surface area (Å²) in [6.07, 6.45) is 78.4. The second-order valence-corrected chi connectivity index (χ2v) is 21.3. The van der Waals surface area contributed by atoms with Gasteiger partial charge in [0.2, 0.25) is 0 Å². The molecule has 0 aromatic carbocycles. The van der Waals surface area contributed by atoms with Crippen LogP contribution < -0.4 is 0 Å². The van der Waals surface area contributed by atoms with E-state index in [4.69, 9.17) is 14.2 Å². The first-order valence-electron chi connectivity index (χ1n) is 31.8. The molecule has 0 rings (SSSR count). The maximum absolute atomic E-state index is 12.8. The smallest absolute Gasteiger partial charge is 0.306 e. The van der Waals surface area contributed by atoms with Crippen LogP contribution in [0.25, 0.3) is 0 Å². The summed E-state index contributed by atoms with van der Waals surface area (Å²) in [6, 6.07) is 0. The second kappa shape index (κ2) is 61.7. The van der Waals surface area contributed by atoms with Crippen LogP contribution in [0.15, 0.2) is 60.8 Å². The maximum Gasteiger partial charge on any atom is 0.306 e. The van der Waals surface area contributed by atoms with E-state index in [1.807, 2.05) is 0 Å². The first-order chi connectivity index (χ1) is 36.0. The molecular weight excluding hydrogens is 901 g/mol. The molecule has 424 valence electrons. The van der Waals surface area contributed by atoms with E-state index in [-0.39, 0.29) is 31.1 Å². The van der Waals surface area contributed by atoms with Crippen LogP contribution in [0, 0.1) is 0 Å². The van der Waals surface area contributed by atoms with Crippen molar-refractivity contribution in [1.29, 1.82) is 0 Å². The molecule has 0 spiro atoms. The van der Waals surface area contributed by atoms with Gasteiger partial charge in [-0.05, 0) is 64.2 Å². The zero-order chi connectivity index (χ0) is 52.9. The highest BCUT2D eigenvalue weighted by Crippen LogP contribution is 2.17. The summed E-state index contributed by atoms with van der Waals surface area (Å²) in [5, 5.41) is 0. The van der Waals surface area contributed by atoms with Crippen molar-refractivity contribution >= 4 is 17.9 Å². The fraction of sp³-hybridized carbons (Fsp3) is 0.806. The summed E-state index contributed by atoms with van der Waals surface area (Å²) in [5.41, 5.74) is 0. The third-order valence-electron chi connectivity index (χ3n) is 14.0. The first-order valence-corrected chi connectivity index (χ1v) is 31.8. The molecule has 6 heteroatoms. The number of rotatable bonds is 58. The van der Waals surface area contributed by atoms with Crippen LogP contribution in [0.2, 0.25) is 0 Å². The standard InChI is InChI=1S/C67H120O6/c1-4-7-10-13-16-18-20-22-24-25-26-27-28-29-30-31-32-33-34-35-36-37-38-39-40-41-43-44-46-48-51-54-57-60-66(69)72-63-64(62-71-65(68)59-56-53-50-15-12-9-6-3)73-67(70)61-58-55-52-49-47-45-42-23-21-19-17-14-11-8-5-2/h7,10,16,18,22,24,26-27,29-30,64H,4-6,8-9,11-15,17,19-21,23,25,28,31-63H2,1-3H3/b10-7-,18-16-,24-22-,27-26-,30-29-. The zero-order valence-corrected chi connectivity index (χ0v) is 48.7. The predicted molar refractivity (Wildman–Crippen MR) is 316 cm³/mol. The molecule has 0 saturated heterocycles. The van der Waals surface area contributed by atoms with Crippen LogP contribution in [0.1, 0.15) is 329 Å². The fourth-order valence-electron chi connectivity index (χ4n) is 9.30. The van der Waals surface area contributed by atoms with Crippen LogP contribution in [0.4, 0.5) is 0 Å². The summed E-state index contributed by atoms with van der Waals surface area (Å²) in [6.45, 7) is 6.52. The van der Waals surface area contributed by atoms with E-state index in [1.165, 1.54) is 199 Å². The number of carbonyl (C=O) groups excluding carboxylic acids is 3. The van der Waals surface area contributed by atoms with Gasteiger partial charge in [-0.25, -0.2) is 0 Å². The van der Waals surface area contributed by atoms with E-state index in [9.17, 15) is 14.4 Å². The van der Waals surface area contributed by atoms with Gasteiger partial charge in [-0.1, -0.05) is 306 Å². The maximum atomic E-state index is 12.8. The Hall–Kier alpha value is -2.89. The number of hydrogen-bond acceptors (Lipinski definition) is 6. The van der Waals surface area contributed by atoms with Crippen molar-refractivity contribution in [2.45, 2.75) is 335 Å². The molecular formula is C67H120O6. The van der Waals surface area contributed by atoms with E-state index in [0.29, 0.717) is 19.3 Å². The number of hydrogen-bond donors (Lipinski definition) is 0. The average Bonchev–Trinajstić information content (AvgIpc) is 3.39. The van der Waals surface area contributed by atoms with Gasteiger partial charge in [0.1, 0.15) is 13.2 Å². The molecule has 1 atom stereocenters. The molecule has 0 amide bonds. The van der Waals surface area contributed by atoms with E-state index >= 15 is 0 Å². The Morgan fingerprint density at radius 1 is 0.288 bits per heavy atom. The van der Waals surface area contributed by atoms with Gasteiger partial charge in [-0.15, -0.1) is 0 Å². The summed E-state index contributed by atoms with van der Waals surface area (Å²) in [4.78, 5) is 38.0. The van der Waals surface area contributed by atoms with E-state index < -0.39 is 6.10 Å². The third kappa shape index (κ3) is 59.9. The lowest BCUT2D eigenvalue weighted by Gasteiger charge is -2.18. The number of allylic oxidation sites excluding steroid dienone is 10. The van der Waals surface area contributed by atoms with E-state index in [2.05, 4.69) is 81.5 Å². The number of unbranched alkanes of at least 4 members (excludes halogenated alkanes) is 37. The molecule has 0 aliphatic carbocycles. The topological polar surface area (TPSA) is 78.9 Å². The quantitative estimate of drug-likeness (QED) is 0.0261. The fourth-order valence-corrected chi connectivity index (χ4v) is 9.30. The highest BCUT2D eigenvalue weighted by Gasteiger charge is 2.19. The van der Waals surface area contributed by atoms with Gasteiger partial charge >= 0.3 is 17.9 Å². The Balaban J connectivity index is 3.98. The van der Waals surface area contributed by atoms with Gasteiger partial charge in [0.05, 0.1) is 0 Å². The van der Waals surface area contributed by atoms with Gasteiger partial charge in [-0.3, -0.25) is 14.4 Å². The zero-order valence-electron chi connectivity index (χ0n) is 48.7. The summed E-state index contributed by atoms with van der Waals surface area (Å²) in [5.74, 6) is -0.856. The molecule has 0 heterocycles. The van der Waals surface area contributed by atoms with Crippen LogP contribution in [-0.2, 0) is 28.6 Å². The van der Waals surface area contributed by atoms with Crippen LogP contribution >= 0.6 is 0 Å². The molecule has 0 fully saturated rings. The minimum absolute atomic E-state index is 0.0678. The van der Waals surface area contributed by atoms with E-state index in [1.54, 1.807) is 0 Å². The van der Waals surface area contributed by atoms with Crippen molar-refractivity contribution in [3.05, 3.63) is 60.8 Å². The Labute approximate surface area is 453 Å². The third-order valence-corrected chi connectivity index (χ3v) is 14.0. The van der Waals surface area contributed by atoms with Gasteiger partial charge < -0.3 is 14.2 Å². The molecule has 0 saturated carbocycles. The predicted octanol–water partition coefficient (Wildman–Crippen LogP) is 21.6. The van der Waals surface area contributed by atoms with E-state index in [0.717, 1.165) is 89.9 Å². The summed E-state index contributed by atoms with van der Waals surface area (Å²) >= 11 is 0.